The number of nitrogens with zero attached hydrogens (tertiary/aromatic N) is 2. The van der Waals surface area contributed by atoms with Crippen LogP contribution in [0.3, 0.4) is 0 Å². The number of fused-ring (bicyclic) bond motifs is 1. The van der Waals surface area contributed by atoms with Crippen LogP contribution in [0.15, 0.2) is 30.5 Å². The summed E-state index contributed by atoms with van der Waals surface area (Å²) in [5.74, 6) is 0.114. The van der Waals surface area contributed by atoms with Gasteiger partial charge in [0.15, 0.2) is 0 Å². The largest absolute Gasteiger partial charge is 0.379 e. The maximum atomic E-state index is 12.6. The van der Waals surface area contributed by atoms with Gasteiger partial charge in [-0.25, -0.2) is 0 Å². The first kappa shape index (κ1) is 19.1. The number of amides is 2. The van der Waals surface area contributed by atoms with Crippen LogP contribution in [0.1, 0.15) is 35.2 Å². The molecule has 2 saturated heterocycles. The zero-order chi connectivity index (χ0) is 20.5. The van der Waals surface area contributed by atoms with Gasteiger partial charge in [0.05, 0.1) is 18.8 Å². The van der Waals surface area contributed by atoms with Gasteiger partial charge in [-0.15, -0.1) is 0 Å². The number of hydrogen-bond donors (Lipinski definition) is 2. The Labute approximate surface area is 175 Å². The molecule has 0 spiro atoms. The van der Waals surface area contributed by atoms with Crippen LogP contribution in [-0.2, 0) is 27.4 Å². The van der Waals surface area contributed by atoms with Crippen LogP contribution in [-0.4, -0.2) is 59.4 Å². The summed E-state index contributed by atoms with van der Waals surface area (Å²) in [6.45, 7) is 5.73. The zero-order valence-electron chi connectivity index (χ0n) is 16.9. The monoisotopic (exact) mass is 406 g/mol. The molecule has 1 aromatic carbocycles. The van der Waals surface area contributed by atoms with E-state index in [-0.39, 0.29) is 11.8 Å². The molecule has 7 heteroatoms. The van der Waals surface area contributed by atoms with E-state index in [4.69, 9.17) is 4.74 Å². The molecule has 2 N–H and O–H groups in total. The van der Waals surface area contributed by atoms with Crippen LogP contribution < -0.4 is 5.32 Å². The van der Waals surface area contributed by atoms with Gasteiger partial charge < -0.3 is 19.9 Å². The number of nitrogens with one attached hydrogen (secondary N) is 2. The highest BCUT2D eigenvalue weighted by molar-refractivity contribution is 6.34. The predicted octanol–water partition coefficient (Wildman–Crippen LogP) is 2.46. The second kappa shape index (κ2) is 8.08. The summed E-state index contributed by atoms with van der Waals surface area (Å²) in [6, 6.07) is 8.05. The van der Waals surface area contributed by atoms with Gasteiger partial charge in [-0.1, -0.05) is 6.07 Å². The van der Waals surface area contributed by atoms with Crippen molar-refractivity contribution >= 4 is 29.2 Å². The van der Waals surface area contributed by atoms with Crippen molar-refractivity contribution in [3.05, 3.63) is 52.8 Å². The zero-order valence-corrected chi connectivity index (χ0v) is 16.9. The molecule has 1 aromatic heterocycles. The molecule has 5 rings (SSSR count). The fourth-order valence-corrected chi connectivity index (χ4v) is 4.38. The van der Waals surface area contributed by atoms with E-state index < -0.39 is 0 Å². The maximum absolute atomic E-state index is 12.6. The van der Waals surface area contributed by atoms with E-state index in [1.165, 1.54) is 5.56 Å². The van der Waals surface area contributed by atoms with Crippen molar-refractivity contribution < 1.29 is 14.3 Å². The summed E-state index contributed by atoms with van der Waals surface area (Å²) in [5, 5.41) is 2.95. The normalized spacial score (nSPS) is 20.8. The molecule has 0 atom stereocenters. The topological polar surface area (TPSA) is 77.7 Å². The molecule has 7 nitrogen and oxygen atoms in total. The number of H-pyrrole nitrogens is 1. The van der Waals surface area contributed by atoms with Gasteiger partial charge in [0, 0.05) is 62.3 Å². The number of aromatic nitrogens is 1. The summed E-state index contributed by atoms with van der Waals surface area (Å²) in [5.41, 5.74) is 5.53. The van der Waals surface area contributed by atoms with Crippen molar-refractivity contribution in [3.63, 3.8) is 0 Å². The summed E-state index contributed by atoms with van der Waals surface area (Å²) in [4.78, 5) is 32.1. The van der Waals surface area contributed by atoms with Gasteiger partial charge >= 0.3 is 0 Å². The van der Waals surface area contributed by atoms with Gasteiger partial charge in [0.1, 0.15) is 0 Å². The maximum Gasteiger partial charge on any atom is 0.256 e. The van der Waals surface area contributed by atoms with Gasteiger partial charge in [-0.2, -0.15) is 0 Å². The van der Waals surface area contributed by atoms with Crippen LogP contribution >= 0.6 is 0 Å². The van der Waals surface area contributed by atoms with E-state index >= 15 is 0 Å². The van der Waals surface area contributed by atoms with Crippen LogP contribution in [0.2, 0.25) is 0 Å². The highest BCUT2D eigenvalue weighted by Gasteiger charge is 2.26. The van der Waals surface area contributed by atoms with Crippen molar-refractivity contribution in [3.8, 4) is 0 Å². The summed E-state index contributed by atoms with van der Waals surface area (Å²) >= 11 is 0. The number of carbonyl (C=O) groups excluding carboxylic acids is 2. The first-order valence-electron chi connectivity index (χ1n) is 10.6. The minimum Gasteiger partial charge on any atom is -0.379 e. The molecular formula is C23H26N4O3. The third-order valence-electron chi connectivity index (χ3n) is 5.99. The van der Waals surface area contributed by atoms with Gasteiger partial charge in [-0.3, -0.25) is 14.5 Å². The number of likely N-dealkylation sites (tertiary alicyclic amines) is 1. The van der Waals surface area contributed by atoms with E-state index in [0.29, 0.717) is 18.5 Å². The molecule has 0 aliphatic carbocycles. The summed E-state index contributed by atoms with van der Waals surface area (Å²) in [7, 11) is 0. The molecule has 0 saturated carbocycles. The molecule has 3 aliphatic heterocycles. The third kappa shape index (κ3) is 3.91. The van der Waals surface area contributed by atoms with Crippen molar-refractivity contribution in [2.45, 2.75) is 25.9 Å². The molecule has 0 radical (unpaired) electrons. The lowest BCUT2D eigenvalue weighted by atomic mass is 10.0. The Morgan fingerprint density at radius 1 is 1.03 bits per heavy atom. The number of anilines is 1. The number of aromatic amines is 1. The van der Waals surface area contributed by atoms with Crippen molar-refractivity contribution in [2.24, 2.45) is 0 Å². The van der Waals surface area contributed by atoms with Crippen molar-refractivity contribution in [1.29, 1.82) is 0 Å². The van der Waals surface area contributed by atoms with Crippen LogP contribution in [0, 0.1) is 0 Å². The van der Waals surface area contributed by atoms with Crippen molar-refractivity contribution in [1.82, 2.24) is 14.8 Å². The molecule has 2 fully saturated rings. The highest BCUT2D eigenvalue weighted by Crippen LogP contribution is 2.34. The van der Waals surface area contributed by atoms with E-state index in [2.05, 4.69) is 21.3 Å². The first-order chi connectivity index (χ1) is 14.7. The Morgan fingerprint density at radius 3 is 2.70 bits per heavy atom. The number of benzene rings is 1. The average molecular weight is 406 g/mol. The van der Waals surface area contributed by atoms with E-state index in [1.807, 2.05) is 35.4 Å². The lowest BCUT2D eigenvalue weighted by Gasteiger charge is -2.25. The average Bonchev–Trinajstić information content (AvgIpc) is 3.44. The number of ether oxygens (including phenoxy) is 1. The number of rotatable bonds is 5. The summed E-state index contributed by atoms with van der Waals surface area (Å²) < 4.78 is 5.41. The second-order valence-electron chi connectivity index (χ2n) is 8.16. The molecule has 3 aliphatic rings. The fraction of sp³-hybridized carbons (Fsp3) is 0.391. The SMILES string of the molecule is O=C1Nc2ccc(CN3CCCC3=O)cc2/C1=C/c1cc(CN2CCOCC2)c[nH]1. The Morgan fingerprint density at radius 2 is 1.90 bits per heavy atom. The fourth-order valence-electron chi connectivity index (χ4n) is 4.38. The molecule has 4 heterocycles. The van der Waals surface area contributed by atoms with E-state index in [9.17, 15) is 9.59 Å². The highest BCUT2D eigenvalue weighted by atomic mass is 16.5. The standard InChI is InChI=1S/C23H26N4O3/c28-22-2-1-5-27(22)15-16-3-4-21-19(11-16)20(23(29)25-21)12-18-10-17(13-24-18)14-26-6-8-30-9-7-26/h3-4,10-13,24H,1-2,5-9,14-15H2,(H,25,29)/b20-12-. The second-order valence-corrected chi connectivity index (χ2v) is 8.16. The molecule has 2 amide bonds. The van der Waals surface area contributed by atoms with Crippen molar-refractivity contribution in [2.75, 3.05) is 38.2 Å². The molecule has 0 unspecified atom stereocenters. The Balaban J connectivity index is 1.35. The summed E-state index contributed by atoms with van der Waals surface area (Å²) in [6.07, 6.45) is 5.48. The van der Waals surface area contributed by atoms with Crippen LogP contribution in [0.25, 0.3) is 11.6 Å². The molecular weight excluding hydrogens is 380 g/mol. The minimum atomic E-state index is -0.0938. The molecule has 30 heavy (non-hydrogen) atoms. The Hall–Kier alpha value is -2.90. The third-order valence-corrected chi connectivity index (χ3v) is 5.99. The number of morpholine rings is 1. The number of hydrogen-bond acceptors (Lipinski definition) is 4. The minimum absolute atomic E-state index is 0.0938. The Kier molecular flexibility index (Phi) is 5.14. The van der Waals surface area contributed by atoms with Gasteiger partial charge in [0.2, 0.25) is 5.91 Å². The lowest BCUT2D eigenvalue weighted by Crippen LogP contribution is -2.35. The smallest absolute Gasteiger partial charge is 0.256 e. The number of carbonyl (C=O) groups is 2. The first-order valence-corrected chi connectivity index (χ1v) is 10.6. The molecule has 2 aromatic rings. The molecule has 0 bridgehead atoms. The van der Waals surface area contributed by atoms with Crippen LogP contribution in [0.5, 0.6) is 0 Å². The van der Waals surface area contributed by atoms with Gasteiger partial charge in [0.25, 0.3) is 5.91 Å². The van der Waals surface area contributed by atoms with E-state index in [0.717, 1.165) is 68.3 Å². The Bertz CT molecular complexity index is 1000. The van der Waals surface area contributed by atoms with Gasteiger partial charge in [-0.05, 0) is 41.8 Å². The molecule has 156 valence electrons. The van der Waals surface area contributed by atoms with Crippen LogP contribution in [0.4, 0.5) is 5.69 Å². The quantitative estimate of drug-likeness (QED) is 0.748. The predicted molar refractivity (Wildman–Crippen MR) is 114 cm³/mol. The van der Waals surface area contributed by atoms with E-state index in [1.54, 1.807) is 0 Å². The lowest BCUT2D eigenvalue weighted by molar-refractivity contribution is -0.128.